The molecule has 1 N–H and O–H groups in total. The van der Waals surface area contributed by atoms with Crippen molar-refractivity contribution in [2.45, 2.75) is 19.3 Å². The maximum Gasteiger partial charge on any atom is 0.307 e. The molecular formula is C12H14O2. The van der Waals surface area contributed by atoms with Crippen molar-refractivity contribution in [1.82, 2.24) is 0 Å². The maximum atomic E-state index is 10.3. The summed E-state index contributed by atoms with van der Waals surface area (Å²) in [5.74, 6) is -0.517. The fraction of sp³-hybridized carbons (Fsp3) is 0.250. The van der Waals surface area contributed by atoms with E-state index in [-0.39, 0.29) is 12.3 Å². The van der Waals surface area contributed by atoms with Crippen LogP contribution >= 0.6 is 0 Å². The van der Waals surface area contributed by atoms with Crippen LogP contribution in [0.5, 0.6) is 0 Å². The Balaban J connectivity index is 2.54. The summed E-state index contributed by atoms with van der Waals surface area (Å²) in [4.78, 5) is 10.3. The smallest absolute Gasteiger partial charge is 0.307 e. The number of rotatable bonds is 4. The normalized spacial score (nSPS) is 12.9. The lowest BCUT2D eigenvalue weighted by Gasteiger charge is -2.05. The van der Waals surface area contributed by atoms with Crippen molar-refractivity contribution in [3.05, 3.63) is 48.0 Å². The molecule has 0 aliphatic heterocycles. The summed E-state index contributed by atoms with van der Waals surface area (Å²) in [6.45, 7) is 2.05. The zero-order chi connectivity index (χ0) is 10.4. The first-order valence-electron chi connectivity index (χ1n) is 4.63. The van der Waals surface area contributed by atoms with Crippen LogP contribution in [0.1, 0.15) is 24.8 Å². The summed E-state index contributed by atoms with van der Waals surface area (Å²) in [7, 11) is 0. The molecule has 74 valence electrons. The fourth-order valence-electron chi connectivity index (χ4n) is 1.24. The molecular weight excluding hydrogens is 176 g/mol. The van der Waals surface area contributed by atoms with Gasteiger partial charge in [-0.15, -0.1) is 0 Å². The van der Waals surface area contributed by atoms with E-state index in [1.165, 1.54) is 5.56 Å². The van der Waals surface area contributed by atoms with Gasteiger partial charge in [0, 0.05) is 0 Å². The van der Waals surface area contributed by atoms with Crippen molar-refractivity contribution < 1.29 is 9.90 Å². The standard InChI is InChI=1S/C12H14O2/c1-10(6-5-9-12(13)14)11-7-3-2-4-8-11/h2-8,10H,9H2,1H3,(H,13,14)/b6-5+/t10-/m1/s1. The molecule has 2 nitrogen and oxygen atoms in total. The van der Waals surface area contributed by atoms with Crippen LogP contribution in [0.3, 0.4) is 0 Å². The van der Waals surface area contributed by atoms with Crippen molar-refractivity contribution in [3.63, 3.8) is 0 Å². The van der Waals surface area contributed by atoms with E-state index in [1.807, 2.05) is 43.3 Å². The molecule has 1 aromatic rings. The predicted octanol–water partition coefficient (Wildman–Crippen LogP) is 2.82. The van der Waals surface area contributed by atoms with E-state index in [9.17, 15) is 4.79 Å². The van der Waals surface area contributed by atoms with Gasteiger partial charge < -0.3 is 5.11 Å². The van der Waals surface area contributed by atoms with Crippen LogP contribution in [-0.4, -0.2) is 11.1 Å². The van der Waals surface area contributed by atoms with Crippen LogP contribution in [0.2, 0.25) is 0 Å². The van der Waals surface area contributed by atoms with Gasteiger partial charge in [0.25, 0.3) is 0 Å². The minimum absolute atomic E-state index is 0.0944. The molecule has 0 aliphatic rings. The average Bonchev–Trinajstić information content (AvgIpc) is 2.18. The van der Waals surface area contributed by atoms with Crippen molar-refractivity contribution in [3.8, 4) is 0 Å². The Morgan fingerprint density at radius 3 is 2.64 bits per heavy atom. The highest BCUT2D eigenvalue weighted by Crippen LogP contribution is 2.15. The third-order valence-corrected chi connectivity index (χ3v) is 2.04. The predicted molar refractivity (Wildman–Crippen MR) is 56.2 cm³/mol. The van der Waals surface area contributed by atoms with Crippen molar-refractivity contribution in [1.29, 1.82) is 0 Å². The second-order valence-electron chi connectivity index (χ2n) is 3.23. The monoisotopic (exact) mass is 190 g/mol. The van der Waals surface area contributed by atoms with E-state index in [0.29, 0.717) is 0 Å². The highest BCUT2D eigenvalue weighted by Gasteiger charge is 1.99. The Morgan fingerprint density at radius 1 is 1.43 bits per heavy atom. The quantitative estimate of drug-likeness (QED) is 0.741. The van der Waals surface area contributed by atoms with Gasteiger partial charge >= 0.3 is 5.97 Å². The number of carbonyl (C=O) groups is 1. The molecule has 0 fully saturated rings. The molecule has 1 rings (SSSR count). The van der Waals surface area contributed by atoms with Crippen LogP contribution in [-0.2, 0) is 4.79 Å². The lowest BCUT2D eigenvalue weighted by molar-refractivity contribution is -0.136. The molecule has 0 saturated carbocycles. The zero-order valence-corrected chi connectivity index (χ0v) is 8.18. The van der Waals surface area contributed by atoms with Crippen LogP contribution in [0.25, 0.3) is 0 Å². The van der Waals surface area contributed by atoms with Crippen molar-refractivity contribution in [2.24, 2.45) is 0 Å². The first kappa shape index (κ1) is 10.5. The maximum absolute atomic E-state index is 10.3. The van der Waals surface area contributed by atoms with Gasteiger partial charge in [-0.1, -0.05) is 49.4 Å². The Labute approximate surface area is 83.9 Å². The molecule has 0 aromatic heterocycles. The fourth-order valence-corrected chi connectivity index (χ4v) is 1.24. The molecule has 0 heterocycles. The molecule has 1 atom stereocenters. The van der Waals surface area contributed by atoms with Gasteiger partial charge in [0.05, 0.1) is 6.42 Å². The van der Waals surface area contributed by atoms with Crippen LogP contribution in [0, 0.1) is 0 Å². The zero-order valence-electron chi connectivity index (χ0n) is 8.18. The topological polar surface area (TPSA) is 37.3 Å². The molecule has 14 heavy (non-hydrogen) atoms. The lowest BCUT2D eigenvalue weighted by Crippen LogP contribution is -1.92. The van der Waals surface area contributed by atoms with E-state index < -0.39 is 5.97 Å². The third kappa shape index (κ3) is 3.44. The second kappa shape index (κ2) is 5.22. The van der Waals surface area contributed by atoms with Crippen molar-refractivity contribution in [2.75, 3.05) is 0 Å². The summed E-state index contributed by atoms with van der Waals surface area (Å²) >= 11 is 0. The summed E-state index contributed by atoms with van der Waals surface area (Å²) in [6.07, 6.45) is 3.71. The summed E-state index contributed by atoms with van der Waals surface area (Å²) in [5.41, 5.74) is 1.20. The summed E-state index contributed by atoms with van der Waals surface area (Å²) in [6, 6.07) is 10.0. The largest absolute Gasteiger partial charge is 0.481 e. The summed E-state index contributed by atoms with van der Waals surface area (Å²) in [5, 5.41) is 8.45. The number of carboxylic acids is 1. The lowest BCUT2D eigenvalue weighted by atomic mass is 10.0. The van der Waals surface area contributed by atoms with Crippen LogP contribution < -0.4 is 0 Å². The van der Waals surface area contributed by atoms with Gasteiger partial charge in [0.1, 0.15) is 0 Å². The van der Waals surface area contributed by atoms with Gasteiger partial charge in [0.2, 0.25) is 0 Å². The molecule has 0 spiro atoms. The average molecular weight is 190 g/mol. The van der Waals surface area contributed by atoms with Gasteiger partial charge in [0.15, 0.2) is 0 Å². The number of hydrogen-bond acceptors (Lipinski definition) is 1. The summed E-state index contributed by atoms with van der Waals surface area (Å²) < 4.78 is 0. The third-order valence-electron chi connectivity index (χ3n) is 2.04. The molecule has 0 bridgehead atoms. The molecule has 0 radical (unpaired) electrons. The van der Waals surface area contributed by atoms with E-state index in [0.717, 1.165) is 0 Å². The van der Waals surface area contributed by atoms with Gasteiger partial charge in [-0.25, -0.2) is 0 Å². The first-order chi connectivity index (χ1) is 6.70. The number of carboxylic acid groups (broad SMARTS) is 1. The van der Waals surface area contributed by atoms with E-state index in [2.05, 4.69) is 0 Å². The van der Waals surface area contributed by atoms with E-state index >= 15 is 0 Å². The molecule has 0 amide bonds. The number of benzene rings is 1. The molecule has 0 aliphatic carbocycles. The number of aliphatic carboxylic acids is 1. The second-order valence-corrected chi connectivity index (χ2v) is 3.23. The Bertz CT molecular complexity index is 314. The Kier molecular flexibility index (Phi) is 3.92. The van der Waals surface area contributed by atoms with E-state index in [1.54, 1.807) is 6.08 Å². The highest BCUT2D eigenvalue weighted by atomic mass is 16.4. The highest BCUT2D eigenvalue weighted by molar-refractivity contribution is 5.68. The molecule has 2 heteroatoms. The van der Waals surface area contributed by atoms with Crippen molar-refractivity contribution >= 4 is 5.97 Å². The minimum Gasteiger partial charge on any atom is -0.481 e. The molecule has 0 unspecified atom stereocenters. The van der Waals surface area contributed by atoms with Gasteiger partial charge in [-0.3, -0.25) is 4.79 Å². The van der Waals surface area contributed by atoms with E-state index in [4.69, 9.17) is 5.11 Å². The number of allylic oxidation sites excluding steroid dienone is 1. The SMILES string of the molecule is C[C@H](/C=C/CC(=O)O)c1ccccc1. The van der Waals surface area contributed by atoms with Crippen LogP contribution in [0.4, 0.5) is 0 Å². The minimum atomic E-state index is -0.790. The van der Waals surface area contributed by atoms with Crippen LogP contribution in [0.15, 0.2) is 42.5 Å². The Morgan fingerprint density at radius 2 is 2.07 bits per heavy atom. The van der Waals surface area contributed by atoms with Gasteiger partial charge in [-0.2, -0.15) is 0 Å². The van der Waals surface area contributed by atoms with Gasteiger partial charge in [-0.05, 0) is 11.5 Å². The molecule has 0 saturated heterocycles. The first-order valence-corrected chi connectivity index (χ1v) is 4.63. The number of hydrogen-bond donors (Lipinski definition) is 1. The Hall–Kier alpha value is -1.57. The molecule has 1 aromatic carbocycles.